The molecule has 2 aliphatic heterocycles. The molecule has 4 aromatic rings. The van der Waals surface area contributed by atoms with Crippen LogP contribution in [0.5, 0.6) is 0 Å². The van der Waals surface area contributed by atoms with Crippen molar-refractivity contribution in [3.05, 3.63) is 156 Å². The normalized spacial score (nSPS) is 25.6. The van der Waals surface area contributed by atoms with Gasteiger partial charge in [0.1, 0.15) is 43.2 Å². The maximum Gasteiger partial charge on any atom is 0.338 e. The first-order chi connectivity index (χ1) is 25.6. The lowest BCUT2D eigenvalue weighted by molar-refractivity contribution is -0.251. The average molecular weight is 711 g/mol. The zero-order valence-corrected chi connectivity index (χ0v) is 29.3. The quantitative estimate of drug-likeness (QED) is 0.0628. The van der Waals surface area contributed by atoms with E-state index in [2.05, 4.69) is 6.58 Å². The summed E-state index contributed by atoms with van der Waals surface area (Å²) in [5, 5.41) is 0. The van der Waals surface area contributed by atoms with Crippen molar-refractivity contribution in [2.75, 3.05) is 26.9 Å². The molecule has 8 atom stereocenters. The summed E-state index contributed by atoms with van der Waals surface area (Å²) >= 11 is 0. The summed E-state index contributed by atoms with van der Waals surface area (Å²) in [6.07, 6.45) is -4.13. The molecule has 10 nitrogen and oxygen atoms in total. The zero-order chi connectivity index (χ0) is 36.0. The second-order valence-electron chi connectivity index (χ2n) is 12.5. The van der Waals surface area contributed by atoms with Crippen LogP contribution in [0.4, 0.5) is 0 Å². The Bertz CT molecular complexity index is 1620. The third-order valence-electron chi connectivity index (χ3n) is 8.82. The third-order valence-corrected chi connectivity index (χ3v) is 8.82. The average Bonchev–Trinajstić information content (AvgIpc) is 3.71. The second-order valence-corrected chi connectivity index (χ2v) is 12.5. The molecule has 2 heterocycles. The van der Waals surface area contributed by atoms with Crippen LogP contribution in [0.1, 0.15) is 27.0 Å². The number of methoxy groups -OCH3 is 1. The van der Waals surface area contributed by atoms with Crippen molar-refractivity contribution in [1.82, 2.24) is 0 Å². The Balaban J connectivity index is 1.25. The molecule has 2 fully saturated rings. The van der Waals surface area contributed by atoms with Gasteiger partial charge in [-0.25, -0.2) is 4.79 Å². The lowest BCUT2D eigenvalue weighted by Crippen LogP contribution is -2.45. The highest BCUT2D eigenvalue weighted by Crippen LogP contribution is 2.35. The van der Waals surface area contributed by atoms with Crippen molar-refractivity contribution in [2.24, 2.45) is 0 Å². The summed E-state index contributed by atoms with van der Waals surface area (Å²) in [5.74, 6) is -0.474. The molecule has 0 unspecified atom stereocenters. The number of rotatable bonds is 19. The van der Waals surface area contributed by atoms with E-state index < -0.39 is 55.2 Å². The van der Waals surface area contributed by atoms with E-state index >= 15 is 0 Å². The first kappa shape index (κ1) is 37.5. The second kappa shape index (κ2) is 19.6. The van der Waals surface area contributed by atoms with Crippen LogP contribution < -0.4 is 0 Å². The van der Waals surface area contributed by atoms with Gasteiger partial charge in [-0.05, 0) is 28.8 Å². The molecule has 0 bridgehead atoms. The number of benzene rings is 4. The van der Waals surface area contributed by atoms with Gasteiger partial charge < -0.3 is 42.6 Å². The van der Waals surface area contributed by atoms with E-state index in [9.17, 15) is 4.79 Å². The Kier molecular flexibility index (Phi) is 14.1. The Morgan fingerprint density at radius 2 is 1.08 bits per heavy atom. The fourth-order valence-electron chi connectivity index (χ4n) is 6.21. The first-order valence-corrected chi connectivity index (χ1v) is 17.5. The summed E-state index contributed by atoms with van der Waals surface area (Å²) in [4.78, 5) is 12.9. The highest BCUT2D eigenvalue weighted by atomic mass is 16.8. The van der Waals surface area contributed by atoms with E-state index in [1.165, 1.54) is 7.11 Å². The zero-order valence-electron chi connectivity index (χ0n) is 29.3. The van der Waals surface area contributed by atoms with Gasteiger partial charge in [0, 0.05) is 7.11 Å². The number of esters is 1. The van der Waals surface area contributed by atoms with Crippen molar-refractivity contribution in [3.63, 3.8) is 0 Å². The molecule has 0 saturated carbocycles. The Labute approximate surface area is 305 Å². The number of ether oxygens (including phenoxy) is 9. The van der Waals surface area contributed by atoms with Gasteiger partial charge >= 0.3 is 5.97 Å². The predicted octanol–water partition coefficient (Wildman–Crippen LogP) is 6.28. The SMILES string of the molecule is C=CCOC[C@H]1O[C@@H](O[C@@H]2[C@@H](OC)O[C@H](COC(=O)c3ccccc3)[C@H]2OCc2ccccc2)[C@@H](OCc2ccccc2)[C@@H]1OCc1ccccc1. The number of carbonyl (C=O) groups excluding carboxylic acids is 1. The van der Waals surface area contributed by atoms with E-state index in [1.54, 1.807) is 30.3 Å². The van der Waals surface area contributed by atoms with Gasteiger partial charge in [0.2, 0.25) is 0 Å². The van der Waals surface area contributed by atoms with E-state index in [0.29, 0.717) is 25.4 Å². The minimum Gasteiger partial charge on any atom is -0.459 e. The number of hydrogen-bond acceptors (Lipinski definition) is 10. The molecule has 4 aromatic carbocycles. The van der Waals surface area contributed by atoms with Crippen molar-refractivity contribution >= 4 is 5.97 Å². The third kappa shape index (κ3) is 10.2. The molecule has 0 aromatic heterocycles. The van der Waals surface area contributed by atoms with Gasteiger partial charge in [-0.15, -0.1) is 6.58 Å². The summed E-state index contributed by atoms with van der Waals surface area (Å²) < 4.78 is 56.8. The van der Waals surface area contributed by atoms with Crippen LogP contribution in [0.15, 0.2) is 134 Å². The molecule has 0 amide bonds. The highest BCUT2D eigenvalue weighted by molar-refractivity contribution is 5.89. The van der Waals surface area contributed by atoms with Crippen LogP contribution in [-0.2, 0) is 62.5 Å². The largest absolute Gasteiger partial charge is 0.459 e. The van der Waals surface area contributed by atoms with E-state index in [-0.39, 0.29) is 19.8 Å². The van der Waals surface area contributed by atoms with Crippen LogP contribution in [0, 0.1) is 0 Å². The minimum absolute atomic E-state index is 0.0901. The molecule has 0 aliphatic carbocycles. The van der Waals surface area contributed by atoms with Crippen molar-refractivity contribution in [2.45, 2.75) is 69.0 Å². The molecule has 2 aliphatic rings. The molecular weight excluding hydrogens is 664 g/mol. The minimum atomic E-state index is -0.929. The summed E-state index contributed by atoms with van der Waals surface area (Å²) in [7, 11) is 1.53. The molecule has 10 heteroatoms. The van der Waals surface area contributed by atoms with Crippen LogP contribution in [0.2, 0.25) is 0 Å². The smallest absolute Gasteiger partial charge is 0.338 e. The van der Waals surface area contributed by atoms with Crippen molar-refractivity contribution < 1.29 is 47.4 Å². The van der Waals surface area contributed by atoms with Gasteiger partial charge in [-0.3, -0.25) is 0 Å². The summed E-state index contributed by atoms with van der Waals surface area (Å²) in [5.41, 5.74) is 3.38. The lowest BCUT2D eigenvalue weighted by atomic mass is 10.1. The topological polar surface area (TPSA) is 100 Å². The first-order valence-electron chi connectivity index (χ1n) is 17.5. The molecule has 274 valence electrons. The lowest BCUT2D eigenvalue weighted by Gasteiger charge is -2.30. The Morgan fingerprint density at radius 1 is 0.615 bits per heavy atom. The van der Waals surface area contributed by atoms with Crippen LogP contribution >= 0.6 is 0 Å². The molecule has 6 rings (SSSR count). The molecule has 0 N–H and O–H groups in total. The monoisotopic (exact) mass is 710 g/mol. The van der Waals surface area contributed by atoms with Gasteiger partial charge in [0.05, 0.1) is 38.6 Å². The van der Waals surface area contributed by atoms with Crippen molar-refractivity contribution in [1.29, 1.82) is 0 Å². The van der Waals surface area contributed by atoms with Gasteiger partial charge in [-0.1, -0.05) is 115 Å². The standard InChI is InChI=1S/C42H46O10/c1-3-24-45-28-34-36(46-25-30-16-8-4-9-17-30)38(48-27-32-20-12-6-13-21-32)42(51-34)52-39-37(47-26-31-18-10-5-11-19-31)35(50-41(39)44-2)29-49-40(43)33-22-14-7-15-23-33/h3-23,34-39,41-42H,1,24-29H2,2H3/t34-,35-,36-,37-,38+,39+,41+,42+/m1/s1. The molecule has 0 spiro atoms. The maximum atomic E-state index is 12.9. The predicted molar refractivity (Wildman–Crippen MR) is 192 cm³/mol. The van der Waals surface area contributed by atoms with Crippen molar-refractivity contribution in [3.8, 4) is 0 Å². The van der Waals surface area contributed by atoms with E-state index in [4.69, 9.17) is 42.6 Å². The van der Waals surface area contributed by atoms with Crippen LogP contribution in [-0.4, -0.2) is 82.1 Å². The van der Waals surface area contributed by atoms with Gasteiger partial charge in [0.25, 0.3) is 0 Å². The van der Waals surface area contributed by atoms with E-state index in [1.807, 2.05) is 97.1 Å². The molecule has 2 saturated heterocycles. The number of hydrogen-bond donors (Lipinski definition) is 0. The maximum absolute atomic E-state index is 12.9. The summed E-state index contributed by atoms with van der Waals surface area (Å²) in [6.45, 7) is 5.13. The van der Waals surface area contributed by atoms with Gasteiger partial charge in [-0.2, -0.15) is 0 Å². The fraction of sp³-hybridized carbons (Fsp3) is 0.357. The Hall–Kier alpha value is -4.23. The Morgan fingerprint density at radius 3 is 1.60 bits per heavy atom. The number of carbonyl (C=O) groups is 1. The van der Waals surface area contributed by atoms with E-state index in [0.717, 1.165) is 16.7 Å². The van der Waals surface area contributed by atoms with Crippen LogP contribution in [0.3, 0.4) is 0 Å². The summed E-state index contributed by atoms with van der Waals surface area (Å²) in [6, 6.07) is 38.4. The molecular formula is C42H46O10. The van der Waals surface area contributed by atoms with Crippen LogP contribution in [0.25, 0.3) is 0 Å². The highest BCUT2D eigenvalue weighted by Gasteiger charge is 2.53. The fourth-order valence-corrected chi connectivity index (χ4v) is 6.21. The molecule has 52 heavy (non-hydrogen) atoms. The van der Waals surface area contributed by atoms with Gasteiger partial charge in [0.15, 0.2) is 12.6 Å². The molecule has 0 radical (unpaired) electrons.